The molecule has 0 radical (unpaired) electrons. The fourth-order valence-corrected chi connectivity index (χ4v) is 4.59. The Hall–Kier alpha value is -4.32. The van der Waals surface area contributed by atoms with Crippen molar-refractivity contribution >= 4 is 28.8 Å². The lowest BCUT2D eigenvalue weighted by Crippen LogP contribution is -2.40. The second-order valence-corrected chi connectivity index (χ2v) is 11.3. The van der Waals surface area contributed by atoms with Crippen molar-refractivity contribution < 1.29 is 14.6 Å². The molecule has 0 saturated carbocycles. The van der Waals surface area contributed by atoms with Crippen LogP contribution in [0.4, 0.5) is 16.4 Å². The molecule has 4 aromatic heterocycles. The van der Waals surface area contributed by atoms with Crippen LogP contribution in [0.15, 0.2) is 41.5 Å². The first kappa shape index (κ1) is 27.3. The normalized spacial score (nSPS) is 13.8. The molecule has 5 rings (SSSR count). The quantitative estimate of drug-likeness (QED) is 0.384. The standard InChI is InChI=1S/C28H34N8O4/c1-7-35-24(37)19-15-30-25(33-23(19)36(35)22-10-8-9-21(32-22)28(5,6)39)31-18-13-17-16-34(12-11-20(17)29-14-18)26(38)40-27(2,3)4/h8-10,13-15,39H,7,11-12,16H2,1-6H3,(H,30,31,33). The predicted molar refractivity (Wildman–Crippen MR) is 150 cm³/mol. The van der Waals surface area contributed by atoms with Gasteiger partial charge in [0.05, 0.1) is 24.1 Å². The molecule has 1 aliphatic heterocycles. The van der Waals surface area contributed by atoms with Crippen LogP contribution in [0.2, 0.25) is 0 Å². The number of anilines is 2. The summed E-state index contributed by atoms with van der Waals surface area (Å²) in [5.74, 6) is 0.727. The summed E-state index contributed by atoms with van der Waals surface area (Å²) in [5.41, 5.74) is 1.36. The Kier molecular flexibility index (Phi) is 6.82. The van der Waals surface area contributed by atoms with Gasteiger partial charge in [-0.25, -0.2) is 24.1 Å². The summed E-state index contributed by atoms with van der Waals surface area (Å²) in [6, 6.07) is 7.20. The number of ether oxygens (including phenoxy) is 1. The van der Waals surface area contributed by atoms with Crippen LogP contribution in [-0.2, 0) is 29.8 Å². The van der Waals surface area contributed by atoms with Crippen molar-refractivity contribution in [2.24, 2.45) is 0 Å². The van der Waals surface area contributed by atoms with Crippen LogP contribution in [0.5, 0.6) is 0 Å². The molecule has 12 nitrogen and oxygen atoms in total. The Morgan fingerprint density at radius 2 is 1.90 bits per heavy atom. The lowest BCUT2D eigenvalue weighted by molar-refractivity contribution is 0.0222. The molecule has 1 aliphatic rings. The molecule has 0 spiro atoms. The number of aliphatic hydroxyl groups is 1. The summed E-state index contributed by atoms with van der Waals surface area (Å²) >= 11 is 0. The maximum absolute atomic E-state index is 13.2. The first-order valence-corrected chi connectivity index (χ1v) is 13.3. The van der Waals surface area contributed by atoms with Crippen molar-refractivity contribution in [2.45, 2.75) is 72.3 Å². The summed E-state index contributed by atoms with van der Waals surface area (Å²) in [6.07, 6.45) is 3.47. The molecule has 5 heterocycles. The van der Waals surface area contributed by atoms with Gasteiger partial charge < -0.3 is 20.1 Å². The van der Waals surface area contributed by atoms with Gasteiger partial charge in [-0.1, -0.05) is 6.07 Å². The molecule has 0 fully saturated rings. The number of aromatic nitrogens is 6. The van der Waals surface area contributed by atoms with E-state index < -0.39 is 11.2 Å². The predicted octanol–water partition coefficient (Wildman–Crippen LogP) is 3.66. The minimum absolute atomic E-state index is 0.239. The number of rotatable bonds is 5. The molecule has 40 heavy (non-hydrogen) atoms. The van der Waals surface area contributed by atoms with Gasteiger partial charge in [0.1, 0.15) is 16.6 Å². The number of hydrogen-bond donors (Lipinski definition) is 2. The zero-order chi connectivity index (χ0) is 28.8. The van der Waals surface area contributed by atoms with E-state index in [1.165, 1.54) is 10.9 Å². The minimum atomic E-state index is -1.16. The SMILES string of the molecule is CCn1c(=O)c2cnc(Nc3cnc4c(c3)CN(C(=O)OC(C)(C)C)CC4)nc2n1-c1cccc(C(C)(C)O)n1. The fraction of sp³-hybridized carbons (Fsp3) is 0.429. The molecule has 0 bridgehead atoms. The van der Waals surface area contributed by atoms with Gasteiger partial charge in [0.15, 0.2) is 11.5 Å². The Bertz CT molecular complexity index is 1650. The Morgan fingerprint density at radius 3 is 2.60 bits per heavy atom. The largest absolute Gasteiger partial charge is 0.444 e. The topological polar surface area (TPSA) is 140 Å². The van der Waals surface area contributed by atoms with Crippen molar-refractivity contribution in [3.63, 3.8) is 0 Å². The van der Waals surface area contributed by atoms with E-state index in [2.05, 4.69) is 25.3 Å². The highest BCUT2D eigenvalue weighted by atomic mass is 16.6. The number of pyridine rings is 2. The highest BCUT2D eigenvalue weighted by Gasteiger charge is 2.27. The van der Waals surface area contributed by atoms with Gasteiger partial charge in [-0.15, -0.1) is 0 Å². The summed E-state index contributed by atoms with van der Waals surface area (Å²) in [5, 5.41) is 14.0. The van der Waals surface area contributed by atoms with Crippen LogP contribution in [0.3, 0.4) is 0 Å². The van der Waals surface area contributed by atoms with E-state index in [9.17, 15) is 14.7 Å². The van der Waals surface area contributed by atoms with Crippen LogP contribution >= 0.6 is 0 Å². The van der Waals surface area contributed by atoms with E-state index in [4.69, 9.17) is 4.74 Å². The van der Waals surface area contributed by atoms with Gasteiger partial charge in [-0.05, 0) is 65.3 Å². The van der Waals surface area contributed by atoms with Crippen molar-refractivity contribution in [1.29, 1.82) is 0 Å². The molecular formula is C28H34N8O4. The Labute approximate surface area is 231 Å². The molecule has 210 valence electrons. The van der Waals surface area contributed by atoms with Crippen molar-refractivity contribution in [1.82, 2.24) is 34.2 Å². The first-order valence-electron chi connectivity index (χ1n) is 13.3. The lowest BCUT2D eigenvalue weighted by atomic mass is 10.1. The lowest BCUT2D eigenvalue weighted by Gasteiger charge is -2.31. The van der Waals surface area contributed by atoms with E-state index in [0.717, 1.165) is 11.3 Å². The molecule has 12 heteroatoms. The first-order chi connectivity index (χ1) is 18.8. The van der Waals surface area contributed by atoms with Gasteiger partial charge >= 0.3 is 6.09 Å². The Morgan fingerprint density at radius 1 is 1.12 bits per heavy atom. The highest BCUT2D eigenvalue weighted by molar-refractivity contribution is 5.77. The third-order valence-corrected chi connectivity index (χ3v) is 6.50. The van der Waals surface area contributed by atoms with E-state index in [1.54, 1.807) is 47.8 Å². The van der Waals surface area contributed by atoms with E-state index in [0.29, 0.717) is 54.3 Å². The number of nitrogens with one attached hydrogen (secondary N) is 1. The number of hydrogen-bond acceptors (Lipinski definition) is 9. The highest BCUT2D eigenvalue weighted by Crippen LogP contribution is 2.25. The maximum Gasteiger partial charge on any atom is 0.410 e. The third-order valence-electron chi connectivity index (χ3n) is 6.50. The molecule has 4 aromatic rings. The number of nitrogens with zero attached hydrogens (tertiary/aromatic N) is 7. The monoisotopic (exact) mass is 546 g/mol. The van der Waals surface area contributed by atoms with Crippen molar-refractivity contribution in [3.05, 3.63) is 64.0 Å². The van der Waals surface area contributed by atoms with E-state index in [1.807, 2.05) is 33.8 Å². The minimum Gasteiger partial charge on any atom is -0.444 e. The Balaban J connectivity index is 1.48. The summed E-state index contributed by atoms with van der Waals surface area (Å²) < 4.78 is 8.71. The van der Waals surface area contributed by atoms with Gasteiger partial charge in [0, 0.05) is 31.4 Å². The van der Waals surface area contributed by atoms with Gasteiger partial charge in [0.25, 0.3) is 5.56 Å². The molecule has 0 atom stereocenters. The molecule has 1 amide bonds. The van der Waals surface area contributed by atoms with E-state index >= 15 is 0 Å². The summed E-state index contributed by atoms with van der Waals surface area (Å²) in [6.45, 7) is 12.0. The van der Waals surface area contributed by atoms with Gasteiger partial charge in [-0.2, -0.15) is 4.98 Å². The number of amides is 1. The number of carbonyl (C=O) groups excluding carboxylic acids is 1. The maximum atomic E-state index is 13.2. The fourth-order valence-electron chi connectivity index (χ4n) is 4.59. The molecule has 0 saturated heterocycles. The van der Waals surface area contributed by atoms with Gasteiger partial charge in [-0.3, -0.25) is 9.78 Å². The van der Waals surface area contributed by atoms with E-state index in [-0.39, 0.29) is 17.6 Å². The number of carbonyl (C=O) groups is 1. The molecule has 0 aromatic carbocycles. The summed E-state index contributed by atoms with van der Waals surface area (Å²) in [4.78, 5) is 45.7. The van der Waals surface area contributed by atoms with Crippen LogP contribution in [-0.4, -0.2) is 57.5 Å². The second-order valence-electron chi connectivity index (χ2n) is 11.3. The van der Waals surface area contributed by atoms with Crippen LogP contribution < -0.4 is 10.9 Å². The molecule has 2 N–H and O–H groups in total. The van der Waals surface area contributed by atoms with Crippen LogP contribution in [0, 0.1) is 0 Å². The zero-order valence-electron chi connectivity index (χ0n) is 23.6. The number of fused-ring (bicyclic) bond motifs is 2. The smallest absolute Gasteiger partial charge is 0.410 e. The molecule has 0 aliphatic carbocycles. The summed E-state index contributed by atoms with van der Waals surface area (Å²) in [7, 11) is 0. The van der Waals surface area contributed by atoms with Crippen LogP contribution in [0.25, 0.3) is 16.9 Å². The van der Waals surface area contributed by atoms with Gasteiger partial charge in [0.2, 0.25) is 5.95 Å². The van der Waals surface area contributed by atoms with Crippen LogP contribution in [0.1, 0.15) is 58.5 Å². The second kappa shape index (κ2) is 10.0. The van der Waals surface area contributed by atoms with Crippen molar-refractivity contribution in [2.75, 3.05) is 11.9 Å². The van der Waals surface area contributed by atoms with Crippen molar-refractivity contribution in [3.8, 4) is 5.82 Å². The molecular weight excluding hydrogens is 512 g/mol. The average molecular weight is 547 g/mol. The average Bonchev–Trinajstić information content (AvgIpc) is 3.17. The zero-order valence-corrected chi connectivity index (χ0v) is 23.6. The molecule has 0 unspecified atom stereocenters. The third kappa shape index (κ3) is 5.39.